The van der Waals surface area contributed by atoms with Crippen molar-refractivity contribution in [2.75, 3.05) is 13.1 Å². The molecule has 2 saturated carbocycles. The molecule has 4 aliphatic rings. The number of carbonyl (C=O) groups excluding carboxylic acids is 1. The minimum Gasteiger partial charge on any atom is -0.389 e. The molecule has 1 saturated heterocycles. The molecule has 1 aromatic rings. The number of rotatable bonds is 4. The second kappa shape index (κ2) is 5.57. The molecular formula is C20H28N4O2. The normalized spacial score (nSPS) is 33.3. The Labute approximate surface area is 154 Å². The van der Waals surface area contributed by atoms with Gasteiger partial charge in [-0.25, -0.2) is 0 Å². The van der Waals surface area contributed by atoms with Crippen LogP contribution in [0.15, 0.2) is 11.2 Å². The van der Waals surface area contributed by atoms with Gasteiger partial charge in [-0.3, -0.25) is 9.89 Å². The Balaban J connectivity index is 1.19. The lowest BCUT2D eigenvalue weighted by atomic mass is 9.75. The number of nitrogens with one attached hydrogen (secondary N) is 1. The summed E-state index contributed by atoms with van der Waals surface area (Å²) in [6.07, 6.45) is 4.84. The van der Waals surface area contributed by atoms with E-state index in [-0.39, 0.29) is 11.5 Å². The summed E-state index contributed by atoms with van der Waals surface area (Å²) >= 11 is 0. The number of oxime groups is 1. The third kappa shape index (κ3) is 2.57. The highest BCUT2D eigenvalue weighted by Gasteiger charge is 2.60. The van der Waals surface area contributed by atoms with Gasteiger partial charge in [-0.15, -0.1) is 0 Å². The van der Waals surface area contributed by atoms with Crippen molar-refractivity contribution in [2.45, 2.75) is 58.0 Å². The van der Waals surface area contributed by atoms with E-state index in [1.165, 1.54) is 25.0 Å². The second-order valence-electron chi connectivity index (χ2n) is 9.36. The van der Waals surface area contributed by atoms with E-state index in [0.29, 0.717) is 29.4 Å². The van der Waals surface area contributed by atoms with E-state index in [1.807, 2.05) is 11.0 Å². The fourth-order valence-corrected chi connectivity index (χ4v) is 5.08. The number of piperidine rings is 1. The number of hydrogen-bond donors (Lipinski definition) is 1. The molecule has 26 heavy (non-hydrogen) atoms. The predicted molar refractivity (Wildman–Crippen MR) is 97.9 cm³/mol. The number of carbonyl (C=O) groups is 1. The van der Waals surface area contributed by atoms with E-state index in [0.717, 1.165) is 31.1 Å². The zero-order chi connectivity index (χ0) is 18.1. The van der Waals surface area contributed by atoms with Gasteiger partial charge in [0.2, 0.25) is 0 Å². The first kappa shape index (κ1) is 16.3. The molecule has 1 N–H and O–H groups in total. The van der Waals surface area contributed by atoms with Crippen LogP contribution < -0.4 is 0 Å². The van der Waals surface area contributed by atoms with Gasteiger partial charge in [-0.05, 0) is 50.5 Å². The molecule has 1 aromatic heterocycles. The van der Waals surface area contributed by atoms with Crippen molar-refractivity contribution in [1.29, 1.82) is 0 Å². The molecule has 5 rings (SSSR count). The maximum absolute atomic E-state index is 12.8. The lowest BCUT2D eigenvalue weighted by Crippen LogP contribution is -2.33. The highest BCUT2D eigenvalue weighted by Crippen LogP contribution is 2.54. The quantitative estimate of drug-likeness (QED) is 0.901. The zero-order valence-corrected chi connectivity index (χ0v) is 15.9. The van der Waals surface area contributed by atoms with E-state index >= 15 is 0 Å². The number of likely N-dealkylation sites (tertiary alicyclic amines) is 1. The molecule has 1 amide bonds. The van der Waals surface area contributed by atoms with Crippen molar-refractivity contribution in [3.8, 4) is 0 Å². The van der Waals surface area contributed by atoms with Crippen LogP contribution in [0.5, 0.6) is 0 Å². The van der Waals surface area contributed by atoms with Gasteiger partial charge in [0.05, 0.1) is 5.71 Å². The minimum absolute atomic E-state index is 0.0733. The first-order valence-electron chi connectivity index (χ1n) is 10.0. The van der Waals surface area contributed by atoms with Crippen molar-refractivity contribution in [2.24, 2.45) is 28.8 Å². The molecule has 140 valence electrons. The van der Waals surface area contributed by atoms with Crippen molar-refractivity contribution in [3.05, 3.63) is 17.5 Å². The molecule has 3 fully saturated rings. The Morgan fingerprint density at radius 1 is 1.35 bits per heavy atom. The molecule has 2 aliphatic carbocycles. The molecule has 2 aliphatic heterocycles. The summed E-state index contributed by atoms with van der Waals surface area (Å²) in [6.45, 7) is 8.06. The van der Waals surface area contributed by atoms with Gasteiger partial charge in [0.25, 0.3) is 5.91 Å². The summed E-state index contributed by atoms with van der Waals surface area (Å²) in [6, 6.07) is 1.98. The molecular weight excluding hydrogens is 328 g/mol. The highest BCUT2D eigenvalue weighted by atomic mass is 16.7. The van der Waals surface area contributed by atoms with Crippen LogP contribution in [0, 0.1) is 23.7 Å². The predicted octanol–water partition coefficient (Wildman–Crippen LogP) is 3.19. The van der Waals surface area contributed by atoms with E-state index in [4.69, 9.17) is 4.84 Å². The summed E-state index contributed by atoms with van der Waals surface area (Å²) in [4.78, 5) is 20.3. The van der Waals surface area contributed by atoms with E-state index < -0.39 is 0 Å². The van der Waals surface area contributed by atoms with Crippen LogP contribution in [0.2, 0.25) is 0 Å². The molecule has 6 heteroatoms. The van der Waals surface area contributed by atoms with Crippen LogP contribution in [0.4, 0.5) is 0 Å². The largest absolute Gasteiger partial charge is 0.389 e. The average molecular weight is 356 g/mol. The van der Waals surface area contributed by atoms with Gasteiger partial charge >= 0.3 is 0 Å². The third-order valence-corrected chi connectivity index (χ3v) is 7.05. The zero-order valence-electron chi connectivity index (χ0n) is 15.9. The molecule has 0 spiro atoms. The number of aromatic amines is 1. The maximum atomic E-state index is 12.8. The molecule has 3 unspecified atom stereocenters. The van der Waals surface area contributed by atoms with E-state index in [1.54, 1.807) is 0 Å². The highest BCUT2D eigenvalue weighted by molar-refractivity contribution is 5.94. The van der Waals surface area contributed by atoms with Crippen LogP contribution in [0.25, 0.3) is 0 Å². The van der Waals surface area contributed by atoms with Crippen molar-refractivity contribution in [3.63, 3.8) is 0 Å². The van der Waals surface area contributed by atoms with Crippen LogP contribution >= 0.6 is 0 Å². The Morgan fingerprint density at radius 3 is 2.65 bits per heavy atom. The minimum atomic E-state index is -0.162. The third-order valence-electron chi connectivity index (χ3n) is 7.05. The van der Waals surface area contributed by atoms with Gasteiger partial charge in [0.1, 0.15) is 11.3 Å². The van der Waals surface area contributed by atoms with Gasteiger partial charge in [0, 0.05) is 37.0 Å². The molecule has 3 atom stereocenters. The SMILES string of the molecule is CC(c1cc(C(=O)N2CC3C(C2)C3C2=NOC(C)(C)C2)n[nH]1)C1CCC1. The summed E-state index contributed by atoms with van der Waals surface area (Å²) in [5.74, 6) is 2.93. The van der Waals surface area contributed by atoms with Crippen LogP contribution in [0.3, 0.4) is 0 Å². The summed E-state index contributed by atoms with van der Waals surface area (Å²) in [7, 11) is 0. The smallest absolute Gasteiger partial charge is 0.274 e. The monoisotopic (exact) mass is 356 g/mol. The Bertz CT molecular complexity index is 752. The topological polar surface area (TPSA) is 70.6 Å². The maximum Gasteiger partial charge on any atom is 0.274 e. The summed E-state index contributed by atoms with van der Waals surface area (Å²) in [5, 5.41) is 11.7. The van der Waals surface area contributed by atoms with Crippen LogP contribution in [-0.4, -0.2) is 45.4 Å². The molecule has 3 heterocycles. The Hall–Kier alpha value is -1.85. The van der Waals surface area contributed by atoms with Gasteiger partial charge < -0.3 is 9.74 Å². The number of nitrogens with zero attached hydrogens (tertiary/aromatic N) is 3. The molecule has 0 radical (unpaired) electrons. The van der Waals surface area contributed by atoms with Gasteiger partial charge in [-0.2, -0.15) is 5.10 Å². The van der Waals surface area contributed by atoms with Crippen molar-refractivity contribution < 1.29 is 9.63 Å². The Kier molecular flexibility index (Phi) is 3.50. The standard InChI is InChI=1S/C20H28N4O2/c1-11(12-5-4-6-12)15-7-16(22-21-15)19(25)24-9-13-14(10-24)18(13)17-8-20(2,3)26-23-17/h7,11-14,18H,4-6,8-10H2,1-3H3,(H,21,22). The first-order valence-corrected chi connectivity index (χ1v) is 10.0. The molecule has 6 nitrogen and oxygen atoms in total. The first-order chi connectivity index (χ1) is 12.4. The number of H-pyrrole nitrogens is 1. The number of amides is 1. The second-order valence-corrected chi connectivity index (χ2v) is 9.36. The van der Waals surface area contributed by atoms with Crippen molar-refractivity contribution >= 4 is 11.6 Å². The summed E-state index contributed by atoms with van der Waals surface area (Å²) < 4.78 is 0. The van der Waals surface area contributed by atoms with Crippen LogP contribution in [-0.2, 0) is 4.84 Å². The lowest BCUT2D eigenvalue weighted by molar-refractivity contribution is 0.0123. The number of aromatic nitrogens is 2. The van der Waals surface area contributed by atoms with E-state index in [9.17, 15) is 4.79 Å². The van der Waals surface area contributed by atoms with Gasteiger partial charge in [0.15, 0.2) is 0 Å². The van der Waals surface area contributed by atoms with Gasteiger partial charge in [-0.1, -0.05) is 18.5 Å². The van der Waals surface area contributed by atoms with E-state index in [2.05, 4.69) is 36.1 Å². The fourth-order valence-electron chi connectivity index (χ4n) is 5.08. The van der Waals surface area contributed by atoms with Crippen molar-refractivity contribution in [1.82, 2.24) is 15.1 Å². The summed E-state index contributed by atoms with van der Waals surface area (Å²) in [5.41, 5.74) is 2.73. The lowest BCUT2D eigenvalue weighted by Gasteiger charge is -2.30. The average Bonchev–Trinajstić information content (AvgIpc) is 2.99. The molecule has 0 aromatic carbocycles. The number of hydrogen-bond acceptors (Lipinski definition) is 4. The number of fused-ring (bicyclic) bond motifs is 1. The van der Waals surface area contributed by atoms with Crippen LogP contribution in [0.1, 0.15) is 68.6 Å². The fraction of sp³-hybridized carbons (Fsp3) is 0.750. The Morgan fingerprint density at radius 2 is 2.08 bits per heavy atom. The molecule has 0 bridgehead atoms.